The summed E-state index contributed by atoms with van der Waals surface area (Å²) in [5, 5.41) is 0. The molecule has 0 bridgehead atoms. The van der Waals surface area contributed by atoms with E-state index < -0.39 is 0 Å². The van der Waals surface area contributed by atoms with Gasteiger partial charge in [-0.05, 0) is 0 Å². The second kappa shape index (κ2) is 5.96. The summed E-state index contributed by atoms with van der Waals surface area (Å²) in [6.45, 7) is 0.783. The van der Waals surface area contributed by atoms with Crippen LogP contribution in [0.4, 0.5) is 5.69 Å². The summed E-state index contributed by atoms with van der Waals surface area (Å²) >= 11 is 0. The van der Waals surface area contributed by atoms with Crippen molar-refractivity contribution in [3.63, 3.8) is 0 Å². The number of methoxy groups -OCH3 is 3. The van der Waals surface area contributed by atoms with E-state index in [0.717, 1.165) is 0 Å². The predicted molar refractivity (Wildman–Crippen MR) is 56.9 cm³/mol. The molecule has 0 aliphatic heterocycles. The molecular formula is C9H15N3O4. The maximum Gasteiger partial charge on any atom is 0.323 e. The highest BCUT2D eigenvalue weighted by Crippen LogP contribution is 2.29. The second-order valence-electron chi connectivity index (χ2n) is 2.78. The summed E-state index contributed by atoms with van der Waals surface area (Å²) in [6.07, 6.45) is 0. The predicted octanol–water partition coefficient (Wildman–Crippen LogP) is 0.101. The van der Waals surface area contributed by atoms with Gasteiger partial charge in [0.05, 0.1) is 20.8 Å². The van der Waals surface area contributed by atoms with Gasteiger partial charge < -0.3 is 24.7 Å². The molecule has 0 amide bonds. The highest BCUT2D eigenvalue weighted by atomic mass is 16.5. The average Bonchev–Trinajstić information content (AvgIpc) is 2.31. The van der Waals surface area contributed by atoms with Gasteiger partial charge in [0.25, 0.3) is 0 Å². The first kappa shape index (κ1) is 12.3. The van der Waals surface area contributed by atoms with E-state index in [1.165, 1.54) is 14.2 Å². The van der Waals surface area contributed by atoms with Crippen LogP contribution in [0.2, 0.25) is 0 Å². The molecule has 0 atom stereocenters. The Morgan fingerprint density at radius 2 is 1.56 bits per heavy atom. The third-order valence-corrected chi connectivity index (χ3v) is 1.76. The van der Waals surface area contributed by atoms with Gasteiger partial charge in [-0.3, -0.25) is 0 Å². The average molecular weight is 229 g/mol. The summed E-state index contributed by atoms with van der Waals surface area (Å²) in [7, 11) is 4.49. The van der Waals surface area contributed by atoms with Crippen molar-refractivity contribution in [3.8, 4) is 17.8 Å². The summed E-state index contributed by atoms with van der Waals surface area (Å²) in [4.78, 5) is 7.91. The molecular weight excluding hydrogens is 214 g/mol. The SMILES string of the molecule is COCCOc1nc(OC)c(N)c(OC)n1. The van der Waals surface area contributed by atoms with Gasteiger partial charge in [0.1, 0.15) is 6.61 Å². The lowest BCUT2D eigenvalue weighted by Crippen LogP contribution is -2.09. The molecule has 0 aromatic carbocycles. The first-order chi connectivity index (χ1) is 7.72. The van der Waals surface area contributed by atoms with E-state index in [9.17, 15) is 0 Å². The molecule has 0 aliphatic carbocycles. The Kier molecular flexibility index (Phi) is 4.59. The van der Waals surface area contributed by atoms with Gasteiger partial charge in [0.15, 0.2) is 5.69 Å². The van der Waals surface area contributed by atoms with Gasteiger partial charge in [-0.1, -0.05) is 0 Å². The highest BCUT2D eigenvalue weighted by Gasteiger charge is 2.13. The van der Waals surface area contributed by atoms with Crippen molar-refractivity contribution in [2.45, 2.75) is 0 Å². The number of anilines is 1. The van der Waals surface area contributed by atoms with Gasteiger partial charge in [-0.25, -0.2) is 0 Å². The molecule has 0 fully saturated rings. The quantitative estimate of drug-likeness (QED) is 0.692. The maximum atomic E-state index is 5.67. The van der Waals surface area contributed by atoms with Crippen LogP contribution in [0.1, 0.15) is 0 Å². The molecule has 0 radical (unpaired) electrons. The van der Waals surface area contributed by atoms with Crippen molar-refractivity contribution in [2.75, 3.05) is 40.3 Å². The maximum absolute atomic E-state index is 5.67. The summed E-state index contributed by atoms with van der Waals surface area (Å²) in [6, 6.07) is 0.139. The molecule has 7 nitrogen and oxygen atoms in total. The number of rotatable bonds is 6. The zero-order valence-corrected chi connectivity index (χ0v) is 9.52. The largest absolute Gasteiger partial charge is 0.479 e. The molecule has 1 aromatic rings. The van der Waals surface area contributed by atoms with Crippen LogP contribution in [-0.4, -0.2) is 44.5 Å². The van der Waals surface area contributed by atoms with E-state index in [0.29, 0.717) is 13.2 Å². The lowest BCUT2D eigenvalue weighted by Gasteiger charge is -2.10. The van der Waals surface area contributed by atoms with E-state index in [1.54, 1.807) is 7.11 Å². The normalized spacial score (nSPS) is 9.94. The molecule has 7 heteroatoms. The minimum absolute atomic E-state index is 0.139. The van der Waals surface area contributed by atoms with Crippen molar-refractivity contribution in [3.05, 3.63) is 0 Å². The number of ether oxygens (including phenoxy) is 4. The Balaban J connectivity index is 2.84. The molecule has 1 rings (SSSR count). The van der Waals surface area contributed by atoms with E-state index in [-0.39, 0.29) is 23.5 Å². The topological polar surface area (TPSA) is 88.7 Å². The smallest absolute Gasteiger partial charge is 0.323 e. The highest BCUT2D eigenvalue weighted by molar-refractivity contribution is 5.56. The Morgan fingerprint density at radius 1 is 1.00 bits per heavy atom. The third kappa shape index (κ3) is 2.86. The Morgan fingerprint density at radius 3 is 2.00 bits per heavy atom. The molecule has 1 aromatic heterocycles. The Labute approximate surface area is 93.5 Å². The fourth-order valence-electron chi connectivity index (χ4n) is 1.00. The van der Waals surface area contributed by atoms with Gasteiger partial charge in [0.2, 0.25) is 11.8 Å². The zero-order valence-electron chi connectivity index (χ0n) is 9.52. The molecule has 0 aliphatic rings. The number of hydrogen-bond acceptors (Lipinski definition) is 7. The monoisotopic (exact) mass is 229 g/mol. The van der Waals surface area contributed by atoms with Crippen molar-refractivity contribution in [1.29, 1.82) is 0 Å². The van der Waals surface area contributed by atoms with Gasteiger partial charge in [-0.2, -0.15) is 9.97 Å². The minimum atomic E-state index is 0.139. The van der Waals surface area contributed by atoms with Crippen molar-refractivity contribution in [1.82, 2.24) is 9.97 Å². The van der Waals surface area contributed by atoms with E-state index in [1.807, 2.05) is 0 Å². The number of nitrogen functional groups attached to an aromatic ring is 1. The first-order valence-electron chi connectivity index (χ1n) is 4.60. The van der Waals surface area contributed by atoms with Crippen molar-refractivity contribution < 1.29 is 18.9 Å². The standard InChI is InChI=1S/C9H15N3O4/c1-13-4-5-16-9-11-7(14-2)6(10)8(12-9)15-3/h4-5,10H2,1-3H3. The van der Waals surface area contributed by atoms with Crippen LogP contribution in [0, 0.1) is 0 Å². The van der Waals surface area contributed by atoms with Crippen LogP contribution in [0.3, 0.4) is 0 Å². The van der Waals surface area contributed by atoms with Crippen LogP contribution >= 0.6 is 0 Å². The van der Waals surface area contributed by atoms with Crippen LogP contribution in [0.15, 0.2) is 0 Å². The second-order valence-corrected chi connectivity index (χ2v) is 2.78. The molecule has 0 spiro atoms. The molecule has 0 unspecified atom stereocenters. The van der Waals surface area contributed by atoms with Gasteiger partial charge in [0, 0.05) is 7.11 Å². The van der Waals surface area contributed by atoms with Crippen molar-refractivity contribution in [2.24, 2.45) is 0 Å². The third-order valence-electron chi connectivity index (χ3n) is 1.76. The van der Waals surface area contributed by atoms with E-state index in [4.69, 9.17) is 24.7 Å². The fourth-order valence-corrected chi connectivity index (χ4v) is 1.00. The summed E-state index contributed by atoms with van der Waals surface area (Å²) in [5.74, 6) is 0.443. The molecule has 0 saturated heterocycles. The molecule has 1 heterocycles. The number of nitrogens with two attached hydrogens (primary N) is 1. The van der Waals surface area contributed by atoms with E-state index >= 15 is 0 Å². The zero-order chi connectivity index (χ0) is 12.0. The Bertz CT molecular complexity index is 321. The lowest BCUT2D eigenvalue weighted by molar-refractivity contribution is 0.139. The number of hydrogen-bond donors (Lipinski definition) is 1. The van der Waals surface area contributed by atoms with Gasteiger partial charge >= 0.3 is 6.01 Å². The summed E-state index contributed by atoms with van der Waals surface area (Å²) in [5.41, 5.74) is 5.91. The number of aromatic nitrogens is 2. The van der Waals surface area contributed by atoms with E-state index in [2.05, 4.69) is 9.97 Å². The molecule has 16 heavy (non-hydrogen) atoms. The first-order valence-corrected chi connectivity index (χ1v) is 4.60. The van der Waals surface area contributed by atoms with Crippen LogP contribution in [-0.2, 0) is 4.74 Å². The van der Waals surface area contributed by atoms with Crippen LogP contribution < -0.4 is 19.9 Å². The summed E-state index contributed by atoms with van der Waals surface area (Å²) < 4.78 is 20.0. The lowest BCUT2D eigenvalue weighted by atomic mass is 10.5. The molecule has 2 N–H and O–H groups in total. The van der Waals surface area contributed by atoms with Crippen LogP contribution in [0.5, 0.6) is 17.8 Å². The molecule has 90 valence electrons. The number of nitrogens with zero attached hydrogens (tertiary/aromatic N) is 2. The van der Waals surface area contributed by atoms with Crippen LogP contribution in [0.25, 0.3) is 0 Å². The minimum Gasteiger partial charge on any atom is -0.479 e. The fraction of sp³-hybridized carbons (Fsp3) is 0.556. The van der Waals surface area contributed by atoms with Gasteiger partial charge in [-0.15, -0.1) is 0 Å². The Hall–Kier alpha value is -1.76. The molecule has 0 saturated carbocycles. The van der Waals surface area contributed by atoms with Crippen molar-refractivity contribution >= 4 is 5.69 Å².